The van der Waals surface area contributed by atoms with Crippen molar-refractivity contribution >= 4 is 6.29 Å². The highest BCUT2D eigenvalue weighted by atomic mass is 16.7. The summed E-state index contributed by atoms with van der Waals surface area (Å²) in [7, 11) is 0. The first-order chi connectivity index (χ1) is 8.14. The molecular weight excluding hydrogens is 216 g/mol. The zero-order chi connectivity index (χ0) is 12.6. The number of unbranched alkanes of at least 4 members (excludes halogenated alkanes) is 6. The van der Waals surface area contributed by atoms with Gasteiger partial charge in [0.05, 0.1) is 12.7 Å². The van der Waals surface area contributed by atoms with Crippen molar-refractivity contribution in [1.82, 2.24) is 0 Å². The molecular formula is C14H26O3. The minimum Gasteiger partial charge on any atom is -0.348 e. The third kappa shape index (κ3) is 6.79. The number of hydrogen-bond acceptors (Lipinski definition) is 3. The standard InChI is InChI=1S/C14H26O3/c1-14(2)16-12-13(17-14)10-8-6-4-3-5-7-9-11-15/h11,13H,3-10,12H2,1-2H3. The van der Waals surface area contributed by atoms with Gasteiger partial charge in [0.15, 0.2) is 5.79 Å². The van der Waals surface area contributed by atoms with Crippen LogP contribution in [-0.4, -0.2) is 24.8 Å². The van der Waals surface area contributed by atoms with Gasteiger partial charge in [-0.15, -0.1) is 0 Å². The van der Waals surface area contributed by atoms with Crippen LogP contribution in [0.1, 0.15) is 65.2 Å². The van der Waals surface area contributed by atoms with Crippen LogP contribution in [0, 0.1) is 0 Å². The van der Waals surface area contributed by atoms with E-state index in [9.17, 15) is 4.79 Å². The number of aldehydes is 1. The van der Waals surface area contributed by atoms with Gasteiger partial charge in [-0.05, 0) is 26.7 Å². The van der Waals surface area contributed by atoms with E-state index in [0.29, 0.717) is 6.10 Å². The molecule has 0 spiro atoms. The van der Waals surface area contributed by atoms with Crippen molar-refractivity contribution in [2.45, 2.75) is 77.1 Å². The first-order valence-electron chi connectivity index (χ1n) is 6.89. The molecule has 3 heteroatoms. The third-order valence-electron chi connectivity index (χ3n) is 3.17. The minimum absolute atomic E-state index is 0.292. The van der Waals surface area contributed by atoms with Gasteiger partial charge in [-0.3, -0.25) is 0 Å². The van der Waals surface area contributed by atoms with E-state index < -0.39 is 0 Å². The van der Waals surface area contributed by atoms with Crippen LogP contribution in [0.2, 0.25) is 0 Å². The molecule has 1 fully saturated rings. The van der Waals surface area contributed by atoms with Crippen LogP contribution in [0.5, 0.6) is 0 Å². The second kappa shape index (κ2) is 7.83. The molecule has 1 unspecified atom stereocenters. The Labute approximate surface area is 105 Å². The average Bonchev–Trinajstić information content (AvgIpc) is 2.62. The molecule has 1 atom stereocenters. The molecule has 1 aliphatic rings. The fourth-order valence-corrected chi connectivity index (χ4v) is 2.21. The summed E-state index contributed by atoms with van der Waals surface area (Å²) in [4.78, 5) is 10.1. The molecule has 0 aromatic rings. The number of ether oxygens (including phenoxy) is 2. The zero-order valence-electron chi connectivity index (χ0n) is 11.2. The topological polar surface area (TPSA) is 35.5 Å². The van der Waals surface area contributed by atoms with E-state index in [1.54, 1.807) is 0 Å². The third-order valence-corrected chi connectivity index (χ3v) is 3.17. The van der Waals surface area contributed by atoms with Gasteiger partial charge in [-0.1, -0.05) is 32.1 Å². The smallest absolute Gasteiger partial charge is 0.163 e. The van der Waals surface area contributed by atoms with Crippen molar-refractivity contribution in [2.24, 2.45) is 0 Å². The zero-order valence-corrected chi connectivity index (χ0v) is 11.2. The lowest BCUT2D eigenvalue weighted by Gasteiger charge is -2.16. The predicted molar refractivity (Wildman–Crippen MR) is 67.9 cm³/mol. The van der Waals surface area contributed by atoms with Crippen LogP contribution >= 0.6 is 0 Å². The molecule has 0 aliphatic carbocycles. The van der Waals surface area contributed by atoms with Crippen LogP contribution in [0.25, 0.3) is 0 Å². The molecule has 0 amide bonds. The number of carbonyl (C=O) groups excluding carboxylic acids is 1. The monoisotopic (exact) mass is 242 g/mol. The van der Waals surface area contributed by atoms with Gasteiger partial charge < -0.3 is 14.3 Å². The minimum atomic E-state index is -0.375. The fourth-order valence-electron chi connectivity index (χ4n) is 2.21. The van der Waals surface area contributed by atoms with Gasteiger partial charge in [-0.2, -0.15) is 0 Å². The summed E-state index contributed by atoms with van der Waals surface area (Å²) in [6.07, 6.45) is 10.4. The van der Waals surface area contributed by atoms with Gasteiger partial charge in [0.25, 0.3) is 0 Å². The van der Waals surface area contributed by atoms with Crippen LogP contribution < -0.4 is 0 Å². The molecule has 1 saturated heterocycles. The number of hydrogen-bond donors (Lipinski definition) is 0. The van der Waals surface area contributed by atoms with Gasteiger partial charge in [-0.25, -0.2) is 0 Å². The maximum Gasteiger partial charge on any atom is 0.163 e. The van der Waals surface area contributed by atoms with Crippen LogP contribution in [0.4, 0.5) is 0 Å². The van der Waals surface area contributed by atoms with E-state index in [1.165, 1.54) is 32.1 Å². The molecule has 3 nitrogen and oxygen atoms in total. The Morgan fingerprint density at radius 3 is 2.35 bits per heavy atom. The van der Waals surface area contributed by atoms with Gasteiger partial charge in [0.2, 0.25) is 0 Å². The lowest BCUT2D eigenvalue weighted by Crippen LogP contribution is -2.21. The first-order valence-corrected chi connectivity index (χ1v) is 6.89. The van der Waals surface area contributed by atoms with Crippen LogP contribution in [-0.2, 0) is 14.3 Å². The second-order valence-corrected chi connectivity index (χ2v) is 5.32. The first kappa shape index (κ1) is 14.7. The van der Waals surface area contributed by atoms with E-state index in [1.807, 2.05) is 13.8 Å². The quantitative estimate of drug-likeness (QED) is 0.459. The molecule has 17 heavy (non-hydrogen) atoms. The molecule has 0 aromatic heterocycles. The van der Waals surface area contributed by atoms with Crippen molar-refractivity contribution in [3.05, 3.63) is 0 Å². The Morgan fingerprint density at radius 1 is 1.12 bits per heavy atom. The Morgan fingerprint density at radius 2 is 1.76 bits per heavy atom. The molecule has 0 radical (unpaired) electrons. The Bertz CT molecular complexity index is 214. The number of carbonyl (C=O) groups is 1. The maximum absolute atomic E-state index is 10.1. The molecule has 0 bridgehead atoms. The average molecular weight is 242 g/mol. The molecule has 100 valence electrons. The van der Waals surface area contributed by atoms with Crippen molar-refractivity contribution in [1.29, 1.82) is 0 Å². The predicted octanol–water partition coefficient (Wildman–Crippen LogP) is 3.46. The Balaban J connectivity index is 1.86. The van der Waals surface area contributed by atoms with Crippen LogP contribution in [0.15, 0.2) is 0 Å². The molecule has 0 N–H and O–H groups in total. The molecule has 1 heterocycles. The summed E-state index contributed by atoms with van der Waals surface area (Å²) in [5.74, 6) is -0.375. The molecule has 1 aliphatic heterocycles. The molecule has 0 saturated carbocycles. The van der Waals surface area contributed by atoms with Crippen molar-refractivity contribution in [3.8, 4) is 0 Å². The largest absolute Gasteiger partial charge is 0.348 e. The van der Waals surface area contributed by atoms with E-state index in [4.69, 9.17) is 9.47 Å². The highest BCUT2D eigenvalue weighted by Gasteiger charge is 2.31. The summed E-state index contributed by atoms with van der Waals surface area (Å²) in [5, 5.41) is 0. The normalized spacial score (nSPS) is 22.8. The maximum atomic E-state index is 10.1. The van der Waals surface area contributed by atoms with Crippen molar-refractivity contribution in [3.63, 3.8) is 0 Å². The second-order valence-electron chi connectivity index (χ2n) is 5.32. The van der Waals surface area contributed by atoms with Gasteiger partial charge in [0.1, 0.15) is 6.29 Å². The lowest BCUT2D eigenvalue weighted by atomic mass is 10.1. The van der Waals surface area contributed by atoms with Crippen molar-refractivity contribution < 1.29 is 14.3 Å². The lowest BCUT2D eigenvalue weighted by molar-refractivity contribution is -0.139. The summed E-state index contributed by atoms with van der Waals surface area (Å²) in [6.45, 7) is 4.69. The van der Waals surface area contributed by atoms with E-state index >= 15 is 0 Å². The molecule has 1 rings (SSSR count). The van der Waals surface area contributed by atoms with Crippen molar-refractivity contribution in [2.75, 3.05) is 6.61 Å². The van der Waals surface area contributed by atoms with Crippen LogP contribution in [0.3, 0.4) is 0 Å². The SMILES string of the molecule is CC1(C)OCC(CCCCCCCCC=O)O1. The Hall–Kier alpha value is -0.410. The summed E-state index contributed by atoms with van der Waals surface area (Å²) < 4.78 is 11.3. The fraction of sp³-hybridized carbons (Fsp3) is 0.929. The van der Waals surface area contributed by atoms with Gasteiger partial charge in [0, 0.05) is 6.42 Å². The Kier molecular flexibility index (Phi) is 6.75. The summed E-state index contributed by atoms with van der Waals surface area (Å²) >= 11 is 0. The molecule has 0 aromatic carbocycles. The number of rotatable bonds is 9. The summed E-state index contributed by atoms with van der Waals surface area (Å²) in [5.41, 5.74) is 0. The van der Waals surface area contributed by atoms with E-state index in [2.05, 4.69) is 0 Å². The van der Waals surface area contributed by atoms with E-state index in [0.717, 1.165) is 32.2 Å². The highest BCUT2D eigenvalue weighted by Crippen LogP contribution is 2.25. The summed E-state index contributed by atoms with van der Waals surface area (Å²) in [6, 6.07) is 0. The highest BCUT2D eigenvalue weighted by molar-refractivity contribution is 5.48. The van der Waals surface area contributed by atoms with E-state index in [-0.39, 0.29) is 5.79 Å². The van der Waals surface area contributed by atoms with Gasteiger partial charge >= 0.3 is 0 Å².